The number of carboxylic acids is 1. The van der Waals surface area contributed by atoms with Gasteiger partial charge in [-0.2, -0.15) is 4.98 Å². The third-order valence-electron chi connectivity index (χ3n) is 5.00. The maximum Gasteiger partial charge on any atom is 0.335 e. The summed E-state index contributed by atoms with van der Waals surface area (Å²) in [7, 11) is 0. The molecule has 0 fully saturated rings. The van der Waals surface area contributed by atoms with Crippen LogP contribution in [0.5, 0.6) is 0 Å². The first-order chi connectivity index (χ1) is 14.8. The van der Waals surface area contributed by atoms with Crippen LogP contribution in [0.2, 0.25) is 5.02 Å². The van der Waals surface area contributed by atoms with Crippen LogP contribution in [0.3, 0.4) is 0 Å². The van der Waals surface area contributed by atoms with Gasteiger partial charge in [-0.25, -0.2) is 9.48 Å². The number of hydrogen-bond donors (Lipinski definition) is 2. The van der Waals surface area contributed by atoms with Gasteiger partial charge < -0.3 is 10.4 Å². The smallest absolute Gasteiger partial charge is 0.335 e. The van der Waals surface area contributed by atoms with Crippen LogP contribution in [0.4, 0.5) is 5.95 Å². The molecule has 0 spiro atoms. The second kappa shape index (κ2) is 8.56. The molecule has 2 heterocycles. The fourth-order valence-corrected chi connectivity index (χ4v) is 4.64. The number of carboxylic acid groups (broad SMARTS) is 1. The number of carbonyl (C=O) groups excluding carboxylic acids is 1. The third kappa shape index (κ3) is 4.22. The fourth-order valence-electron chi connectivity index (χ4n) is 3.52. The lowest BCUT2D eigenvalue weighted by molar-refractivity contribution is -0.114. The van der Waals surface area contributed by atoms with E-state index in [1.165, 1.54) is 30.8 Å². The lowest BCUT2D eigenvalue weighted by Crippen LogP contribution is -2.27. The number of benzene rings is 2. The van der Waals surface area contributed by atoms with Gasteiger partial charge in [-0.15, -0.1) is 5.10 Å². The van der Waals surface area contributed by atoms with E-state index in [1.54, 1.807) is 16.8 Å². The van der Waals surface area contributed by atoms with Crippen molar-refractivity contribution in [1.29, 1.82) is 0 Å². The molecule has 1 unspecified atom stereocenters. The average molecular weight is 455 g/mol. The van der Waals surface area contributed by atoms with Crippen molar-refractivity contribution in [3.05, 3.63) is 81.5 Å². The Labute approximate surface area is 188 Å². The van der Waals surface area contributed by atoms with Crippen molar-refractivity contribution >= 4 is 41.1 Å². The van der Waals surface area contributed by atoms with Crippen LogP contribution in [0.15, 0.2) is 65.0 Å². The number of nitrogens with zero attached hydrogens (tertiary/aromatic N) is 3. The van der Waals surface area contributed by atoms with Gasteiger partial charge in [0.25, 0.3) is 0 Å². The van der Waals surface area contributed by atoms with E-state index in [0.717, 1.165) is 11.1 Å². The number of aromatic nitrogens is 3. The molecule has 0 amide bonds. The van der Waals surface area contributed by atoms with Crippen LogP contribution in [0.25, 0.3) is 0 Å². The molecule has 4 rings (SSSR count). The molecule has 1 atom stereocenters. The molecule has 0 aliphatic carbocycles. The van der Waals surface area contributed by atoms with Gasteiger partial charge in [-0.1, -0.05) is 53.7 Å². The van der Waals surface area contributed by atoms with Crippen molar-refractivity contribution in [2.45, 2.75) is 30.8 Å². The molecule has 158 valence electrons. The summed E-state index contributed by atoms with van der Waals surface area (Å²) in [5, 5.41) is 18.2. The molecule has 0 radical (unpaired) electrons. The molecule has 1 aliphatic rings. The average Bonchev–Trinajstić information content (AvgIpc) is 3.14. The predicted octanol–water partition coefficient (Wildman–Crippen LogP) is 4.80. The van der Waals surface area contributed by atoms with Gasteiger partial charge in [0.2, 0.25) is 11.1 Å². The van der Waals surface area contributed by atoms with Crippen LogP contribution >= 0.6 is 23.4 Å². The molecular weight excluding hydrogens is 436 g/mol. The Bertz CT molecular complexity index is 1200. The summed E-state index contributed by atoms with van der Waals surface area (Å²) < 4.78 is 1.68. The number of fused-ring (bicyclic) bond motifs is 1. The fraction of sp³-hybridized carbons (Fsp3) is 0.182. The number of Topliss-reactive ketones (excluding diaryl/α,β-unsaturated/α-hetero) is 1. The summed E-state index contributed by atoms with van der Waals surface area (Å²) in [6.45, 7) is 3.33. The van der Waals surface area contributed by atoms with Gasteiger partial charge in [-0.3, -0.25) is 4.79 Å². The summed E-state index contributed by atoms with van der Waals surface area (Å²) >= 11 is 7.69. The van der Waals surface area contributed by atoms with E-state index in [0.29, 0.717) is 33.2 Å². The van der Waals surface area contributed by atoms with Crippen LogP contribution in [-0.4, -0.2) is 31.6 Å². The van der Waals surface area contributed by atoms with E-state index in [9.17, 15) is 14.7 Å². The number of allylic oxidation sites excluding steroid dienone is 2. The number of aromatic carboxylic acids is 1. The van der Waals surface area contributed by atoms with E-state index in [-0.39, 0.29) is 11.3 Å². The molecule has 7 nitrogen and oxygen atoms in total. The van der Waals surface area contributed by atoms with Gasteiger partial charge in [0.05, 0.1) is 5.56 Å². The van der Waals surface area contributed by atoms with Gasteiger partial charge in [0.15, 0.2) is 5.78 Å². The van der Waals surface area contributed by atoms with Crippen LogP contribution < -0.4 is 5.32 Å². The molecule has 31 heavy (non-hydrogen) atoms. The van der Waals surface area contributed by atoms with Crippen LogP contribution in [-0.2, 0) is 10.5 Å². The van der Waals surface area contributed by atoms with E-state index < -0.39 is 12.0 Å². The van der Waals surface area contributed by atoms with Crippen molar-refractivity contribution < 1.29 is 14.7 Å². The normalized spacial score (nSPS) is 15.4. The maximum atomic E-state index is 12.5. The first-order valence-corrected chi connectivity index (χ1v) is 10.9. The maximum absolute atomic E-state index is 12.5. The Morgan fingerprint density at radius 1 is 1.19 bits per heavy atom. The summed E-state index contributed by atoms with van der Waals surface area (Å²) in [6.07, 6.45) is 0. The minimum atomic E-state index is -1.00. The van der Waals surface area contributed by atoms with Crippen LogP contribution in [0, 0.1) is 0 Å². The second-order valence-corrected chi connectivity index (χ2v) is 8.44. The number of thioether (sulfide) groups is 1. The second-order valence-electron chi connectivity index (χ2n) is 7.09. The predicted molar refractivity (Wildman–Crippen MR) is 120 cm³/mol. The third-order valence-corrected chi connectivity index (χ3v) is 6.26. The zero-order valence-electron chi connectivity index (χ0n) is 16.8. The van der Waals surface area contributed by atoms with Gasteiger partial charge in [-0.05, 0) is 43.2 Å². The number of nitrogens with one attached hydrogen (secondary N) is 1. The zero-order valence-corrected chi connectivity index (χ0v) is 18.4. The SMILES string of the molecule is CC(=O)C1=C(C)Nc2nc(SCc3ccccc3Cl)nn2C1c1ccc(C(=O)O)cc1. The standard InChI is InChI=1S/C22H19ClN4O3S/c1-12-18(13(2)28)19(14-7-9-15(10-8-14)20(29)30)27-21(24-12)25-22(26-27)31-11-16-5-3-4-6-17(16)23/h3-10,19H,11H2,1-2H3,(H,29,30)(H,24,25,26). The molecular formula is C22H19ClN4O3S. The monoisotopic (exact) mass is 454 g/mol. The Kier molecular flexibility index (Phi) is 5.84. The highest BCUT2D eigenvalue weighted by atomic mass is 35.5. The minimum Gasteiger partial charge on any atom is -0.478 e. The summed E-state index contributed by atoms with van der Waals surface area (Å²) in [5.74, 6) is 0.0304. The van der Waals surface area contributed by atoms with Crippen molar-refractivity contribution in [2.24, 2.45) is 0 Å². The van der Waals surface area contributed by atoms with Crippen molar-refractivity contribution in [2.75, 3.05) is 5.32 Å². The Balaban J connectivity index is 1.69. The van der Waals surface area contributed by atoms with Gasteiger partial charge >= 0.3 is 5.97 Å². The number of rotatable bonds is 6. The first kappa shape index (κ1) is 21.1. The van der Waals surface area contributed by atoms with E-state index >= 15 is 0 Å². The summed E-state index contributed by atoms with van der Waals surface area (Å²) in [6, 6.07) is 13.6. The zero-order chi connectivity index (χ0) is 22.1. The van der Waals surface area contributed by atoms with E-state index in [4.69, 9.17) is 11.6 Å². The van der Waals surface area contributed by atoms with Crippen LogP contribution in [0.1, 0.15) is 41.4 Å². The largest absolute Gasteiger partial charge is 0.478 e. The summed E-state index contributed by atoms with van der Waals surface area (Å²) in [5.41, 5.74) is 3.17. The van der Waals surface area contributed by atoms with Gasteiger partial charge in [0.1, 0.15) is 6.04 Å². The molecule has 1 aliphatic heterocycles. The lowest BCUT2D eigenvalue weighted by atomic mass is 9.93. The highest BCUT2D eigenvalue weighted by Gasteiger charge is 2.32. The van der Waals surface area contributed by atoms with E-state index in [2.05, 4.69) is 15.4 Å². The molecule has 2 N–H and O–H groups in total. The lowest BCUT2D eigenvalue weighted by Gasteiger charge is -2.28. The number of hydrogen-bond acceptors (Lipinski definition) is 6. The van der Waals surface area contributed by atoms with Crippen molar-refractivity contribution in [1.82, 2.24) is 14.8 Å². The number of ketones is 1. The van der Waals surface area contributed by atoms with Crippen molar-refractivity contribution in [3.8, 4) is 0 Å². The molecule has 0 saturated carbocycles. The summed E-state index contributed by atoms with van der Waals surface area (Å²) in [4.78, 5) is 28.3. The highest BCUT2D eigenvalue weighted by Crippen LogP contribution is 2.37. The Morgan fingerprint density at radius 3 is 2.55 bits per heavy atom. The quantitative estimate of drug-likeness (QED) is 0.516. The molecule has 2 aromatic carbocycles. The van der Waals surface area contributed by atoms with Crippen molar-refractivity contribution in [3.63, 3.8) is 0 Å². The highest BCUT2D eigenvalue weighted by molar-refractivity contribution is 7.98. The van der Waals surface area contributed by atoms with Gasteiger partial charge in [0, 0.05) is 22.0 Å². The molecule has 9 heteroatoms. The number of halogens is 1. The Morgan fingerprint density at radius 2 is 1.90 bits per heavy atom. The molecule has 1 aromatic heterocycles. The first-order valence-electron chi connectivity index (χ1n) is 9.50. The Hall–Kier alpha value is -3.10. The number of anilines is 1. The number of carbonyl (C=O) groups is 2. The minimum absolute atomic E-state index is 0.0938. The molecule has 3 aromatic rings. The molecule has 0 bridgehead atoms. The topological polar surface area (TPSA) is 97.1 Å². The van der Waals surface area contributed by atoms with E-state index in [1.807, 2.05) is 31.2 Å². The molecule has 0 saturated heterocycles.